The number of hydrogen-bond acceptors (Lipinski definition) is 3. The maximum atomic E-state index is 11.6. The van der Waals surface area contributed by atoms with E-state index in [2.05, 4.69) is 21.2 Å². The van der Waals surface area contributed by atoms with Crippen LogP contribution in [0.1, 0.15) is 4.88 Å². The van der Waals surface area contributed by atoms with Crippen molar-refractivity contribution < 1.29 is 9.53 Å². The Morgan fingerprint density at radius 3 is 2.79 bits per heavy atom. The Morgan fingerprint density at radius 2 is 2.11 bits per heavy atom. The third-order valence-corrected chi connectivity index (χ3v) is 4.22. The van der Waals surface area contributed by atoms with E-state index in [0.717, 1.165) is 8.66 Å². The molecule has 0 fully saturated rings. The van der Waals surface area contributed by atoms with Gasteiger partial charge in [0.2, 0.25) is 0 Å². The molecule has 0 radical (unpaired) electrons. The Hall–Kier alpha value is -1.04. The van der Waals surface area contributed by atoms with Crippen molar-refractivity contribution >= 4 is 44.8 Å². The Labute approximate surface area is 128 Å². The lowest BCUT2D eigenvalue weighted by molar-refractivity contribution is -0.123. The van der Waals surface area contributed by atoms with Crippen LogP contribution in [0, 0.1) is 0 Å². The molecule has 6 heteroatoms. The van der Waals surface area contributed by atoms with Crippen LogP contribution in [-0.2, 0) is 11.3 Å². The topological polar surface area (TPSA) is 38.3 Å². The molecule has 1 N–H and O–H groups in total. The fraction of sp³-hybridized carbons (Fsp3) is 0.154. The standard InChI is InChI=1S/C13H11BrClNO2S/c14-12-6-5-9(19-12)7-16-13(17)8-18-11-4-2-1-3-10(11)15/h1-6H,7-8H2,(H,16,17). The van der Waals surface area contributed by atoms with Gasteiger partial charge < -0.3 is 10.1 Å². The average Bonchev–Trinajstić information content (AvgIpc) is 2.81. The van der Waals surface area contributed by atoms with Gasteiger partial charge in [-0.2, -0.15) is 0 Å². The van der Waals surface area contributed by atoms with Crippen LogP contribution in [0.2, 0.25) is 5.02 Å². The van der Waals surface area contributed by atoms with Gasteiger partial charge in [0.05, 0.1) is 15.4 Å². The molecular weight excluding hydrogens is 350 g/mol. The zero-order valence-electron chi connectivity index (χ0n) is 9.86. The van der Waals surface area contributed by atoms with Crippen molar-refractivity contribution in [2.45, 2.75) is 6.54 Å². The van der Waals surface area contributed by atoms with Crippen LogP contribution in [0.4, 0.5) is 0 Å². The van der Waals surface area contributed by atoms with Gasteiger partial charge in [-0.25, -0.2) is 0 Å². The van der Waals surface area contributed by atoms with Crippen LogP contribution in [0.15, 0.2) is 40.2 Å². The van der Waals surface area contributed by atoms with Crippen LogP contribution in [0.3, 0.4) is 0 Å². The Balaban J connectivity index is 1.77. The van der Waals surface area contributed by atoms with E-state index in [1.165, 1.54) is 0 Å². The smallest absolute Gasteiger partial charge is 0.258 e. The van der Waals surface area contributed by atoms with Crippen LogP contribution >= 0.6 is 38.9 Å². The quantitative estimate of drug-likeness (QED) is 0.879. The van der Waals surface area contributed by atoms with E-state index in [4.69, 9.17) is 16.3 Å². The zero-order valence-corrected chi connectivity index (χ0v) is 13.0. The van der Waals surface area contributed by atoms with Gasteiger partial charge in [0.15, 0.2) is 6.61 Å². The molecule has 1 heterocycles. The molecule has 0 spiro atoms. The minimum atomic E-state index is -0.176. The van der Waals surface area contributed by atoms with Gasteiger partial charge >= 0.3 is 0 Å². The fourth-order valence-electron chi connectivity index (χ4n) is 1.39. The Bertz CT molecular complexity index is 573. The van der Waals surface area contributed by atoms with Crippen LogP contribution < -0.4 is 10.1 Å². The molecule has 1 aromatic heterocycles. The first-order chi connectivity index (χ1) is 9.15. The minimum absolute atomic E-state index is 0.0454. The molecule has 3 nitrogen and oxygen atoms in total. The molecule has 0 aliphatic carbocycles. The molecule has 0 aliphatic heterocycles. The summed E-state index contributed by atoms with van der Waals surface area (Å²) < 4.78 is 6.39. The number of carbonyl (C=O) groups is 1. The maximum Gasteiger partial charge on any atom is 0.258 e. The highest BCUT2D eigenvalue weighted by atomic mass is 79.9. The molecule has 0 saturated carbocycles. The van der Waals surface area contributed by atoms with Crippen molar-refractivity contribution in [2.24, 2.45) is 0 Å². The van der Waals surface area contributed by atoms with Gasteiger partial charge in [-0.05, 0) is 40.2 Å². The summed E-state index contributed by atoms with van der Waals surface area (Å²) in [5, 5.41) is 3.28. The van der Waals surface area contributed by atoms with Gasteiger partial charge in [0.25, 0.3) is 5.91 Å². The number of amides is 1. The molecule has 2 aromatic rings. The molecule has 1 amide bonds. The predicted octanol–water partition coefficient (Wildman–Crippen LogP) is 3.86. The minimum Gasteiger partial charge on any atom is -0.482 e. The molecule has 0 saturated heterocycles. The predicted molar refractivity (Wildman–Crippen MR) is 80.8 cm³/mol. The number of nitrogens with one attached hydrogen (secondary N) is 1. The maximum absolute atomic E-state index is 11.6. The largest absolute Gasteiger partial charge is 0.482 e. The SMILES string of the molecule is O=C(COc1ccccc1Cl)NCc1ccc(Br)s1. The van der Waals surface area contributed by atoms with E-state index in [1.54, 1.807) is 23.5 Å². The van der Waals surface area contributed by atoms with Gasteiger partial charge in [0.1, 0.15) is 5.75 Å². The second-order valence-corrected chi connectivity index (χ2v) is 6.66. The molecule has 2 rings (SSSR count). The molecular formula is C13H11BrClNO2S. The summed E-state index contributed by atoms with van der Waals surface area (Å²) in [4.78, 5) is 12.7. The van der Waals surface area contributed by atoms with Crippen molar-refractivity contribution in [3.05, 3.63) is 50.1 Å². The van der Waals surface area contributed by atoms with Gasteiger partial charge in [-0.3, -0.25) is 4.79 Å². The van der Waals surface area contributed by atoms with Crippen molar-refractivity contribution in [2.75, 3.05) is 6.61 Å². The van der Waals surface area contributed by atoms with Crippen molar-refractivity contribution in [3.8, 4) is 5.75 Å². The normalized spacial score (nSPS) is 10.2. The number of hydrogen-bond donors (Lipinski definition) is 1. The zero-order chi connectivity index (χ0) is 13.7. The van der Waals surface area contributed by atoms with E-state index >= 15 is 0 Å². The van der Waals surface area contributed by atoms with Gasteiger partial charge in [0, 0.05) is 4.88 Å². The fourth-order valence-corrected chi connectivity index (χ4v) is 3.00. The number of halogens is 2. The van der Waals surface area contributed by atoms with E-state index in [0.29, 0.717) is 17.3 Å². The van der Waals surface area contributed by atoms with Crippen molar-refractivity contribution in [1.82, 2.24) is 5.32 Å². The first-order valence-electron chi connectivity index (χ1n) is 5.53. The number of para-hydroxylation sites is 1. The lowest BCUT2D eigenvalue weighted by Gasteiger charge is -2.07. The monoisotopic (exact) mass is 359 g/mol. The highest BCUT2D eigenvalue weighted by molar-refractivity contribution is 9.11. The second kappa shape index (κ2) is 6.93. The second-order valence-electron chi connectivity index (χ2n) is 3.70. The number of benzene rings is 1. The highest BCUT2D eigenvalue weighted by Gasteiger charge is 2.06. The van der Waals surface area contributed by atoms with E-state index < -0.39 is 0 Å². The molecule has 1 aromatic carbocycles. The van der Waals surface area contributed by atoms with Crippen LogP contribution in [-0.4, -0.2) is 12.5 Å². The van der Waals surface area contributed by atoms with Crippen molar-refractivity contribution in [1.29, 1.82) is 0 Å². The third-order valence-electron chi connectivity index (χ3n) is 2.28. The Kier molecular flexibility index (Phi) is 5.24. The summed E-state index contributed by atoms with van der Waals surface area (Å²) >= 11 is 10.9. The Morgan fingerprint density at radius 1 is 1.32 bits per heavy atom. The van der Waals surface area contributed by atoms with E-state index in [1.807, 2.05) is 24.3 Å². The van der Waals surface area contributed by atoms with Crippen LogP contribution in [0.5, 0.6) is 5.75 Å². The number of rotatable bonds is 5. The third kappa shape index (κ3) is 4.53. The lowest BCUT2D eigenvalue weighted by Crippen LogP contribution is -2.28. The van der Waals surface area contributed by atoms with Gasteiger partial charge in [-0.15, -0.1) is 11.3 Å². The summed E-state index contributed by atoms with van der Waals surface area (Å²) in [6.45, 7) is 0.456. The molecule has 0 bridgehead atoms. The number of ether oxygens (including phenoxy) is 1. The summed E-state index contributed by atoms with van der Waals surface area (Å²) in [6.07, 6.45) is 0. The molecule has 0 unspecified atom stereocenters. The highest BCUT2D eigenvalue weighted by Crippen LogP contribution is 2.23. The molecule has 0 aliphatic rings. The van der Waals surface area contributed by atoms with E-state index in [9.17, 15) is 4.79 Å². The first kappa shape index (κ1) is 14.4. The summed E-state index contributed by atoms with van der Waals surface area (Å²) in [5.74, 6) is 0.336. The molecule has 0 atom stereocenters. The van der Waals surface area contributed by atoms with Gasteiger partial charge in [-0.1, -0.05) is 23.7 Å². The summed E-state index contributed by atoms with van der Waals surface area (Å²) in [6, 6.07) is 11.0. The first-order valence-corrected chi connectivity index (χ1v) is 7.52. The average molecular weight is 361 g/mol. The number of thiophene rings is 1. The summed E-state index contributed by atoms with van der Waals surface area (Å²) in [5.41, 5.74) is 0. The lowest BCUT2D eigenvalue weighted by atomic mass is 10.3. The van der Waals surface area contributed by atoms with Crippen LogP contribution in [0.25, 0.3) is 0 Å². The van der Waals surface area contributed by atoms with Crippen molar-refractivity contribution in [3.63, 3.8) is 0 Å². The molecule has 19 heavy (non-hydrogen) atoms. The van der Waals surface area contributed by atoms with E-state index in [-0.39, 0.29) is 12.5 Å². The summed E-state index contributed by atoms with van der Waals surface area (Å²) in [7, 11) is 0. The number of carbonyl (C=O) groups excluding carboxylic acids is 1. The molecule has 100 valence electrons.